The summed E-state index contributed by atoms with van der Waals surface area (Å²) in [6, 6.07) is 7.95. The van der Waals surface area contributed by atoms with Crippen LogP contribution in [0.25, 0.3) is 0 Å². The largest absolute Gasteiger partial charge is 0.347 e. The Hall–Kier alpha value is -2.21. The summed E-state index contributed by atoms with van der Waals surface area (Å²) in [6.45, 7) is 1.01. The minimum absolute atomic E-state index is 0.0423. The van der Waals surface area contributed by atoms with Gasteiger partial charge in [-0.15, -0.1) is 0 Å². The highest BCUT2D eigenvalue weighted by Gasteiger charge is 2.23. The zero-order valence-corrected chi connectivity index (χ0v) is 10.3. The highest BCUT2D eigenvalue weighted by molar-refractivity contribution is 5.82. The summed E-state index contributed by atoms with van der Waals surface area (Å²) in [7, 11) is 0. The Labute approximate surface area is 110 Å². The van der Waals surface area contributed by atoms with E-state index in [0.29, 0.717) is 12.2 Å². The second-order valence-corrected chi connectivity index (χ2v) is 4.47. The number of rotatable bonds is 3. The summed E-state index contributed by atoms with van der Waals surface area (Å²) in [4.78, 5) is 15.9. The quantitative estimate of drug-likeness (QED) is 0.833. The van der Waals surface area contributed by atoms with Gasteiger partial charge >= 0.3 is 0 Å². The van der Waals surface area contributed by atoms with Crippen molar-refractivity contribution in [3.63, 3.8) is 0 Å². The second-order valence-electron chi connectivity index (χ2n) is 4.47. The van der Waals surface area contributed by atoms with Crippen molar-refractivity contribution in [3.8, 4) is 0 Å². The van der Waals surface area contributed by atoms with Gasteiger partial charge in [0.2, 0.25) is 12.3 Å². The minimum atomic E-state index is -0.207. The molecular formula is C13H14N4O2. The lowest BCUT2D eigenvalue weighted by Crippen LogP contribution is -2.47. The van der Waals surface area contributed by atoms with Crippen LogP contribution in [0.1, 0.15) is 17.0 Å². The van der Waals surface area contributed by atoms with Gasteiger partial charge in [0.1, 0.15) is 0 Å². The molecule has 1 atom stereocenters. The predicted octanol–water partition coefficient (Wildman–Crippen LogP) is 0.400. The molecule has 0 aliphatic carbocycles. The summed E-state index contributed by atoms with van der Waals surface area (Å²) in [5.41, 5.74) is 2.48. The van der Waals surface area contributed by atoms with E-state index in [1.807, 2.05) is 12.1 Å². The zero-order valence-electron chi connectivity index (χ0n) is 10.3. The molecule has 0 saturated carbocycles. The van der Waals surface area contributed by atoms with Gasteiger partial charge in [-0.05, 0) is 17.5 Å². The number of nitrogens with zero attached hydrogens (tertiary/aromatic N) is 2. The van der Waals surface area contributed by atoms with Gasteiger partial charge in [-0.1, -0.05) is 29.4 Å². The lowest BCUT2D eigenvalue weighted by Gasteiger charge is -2.25. The number of hydrogen-bond acceptors (Lipinski definition) is 5. The first kappa shape index (κ1) is 11.9. The smallest absolute Gasteiger partial charge is 0.237 e. The monoisotopic (exact) mass is 258 g/mol. The van der Waals surface area contributed by atoms with Gasteiger partial charge in [-0.3, -0.25) is 4.79 Å². The first-order valence-electron chi connectivity index (χ1n) is 6.16. The maximum atomic E-state index is 12.0. The molecule has 2 heterocycles. The number of fused-ring (bicyclic) bond motifs is 1. The summed E-state index contributed by atoms with van der Waals surface area (Å²) >= 11 is 0. The third-order valence-electron chi connectivity index (χ3n) is 3.23. The molecule has 1 aliphatic rings. The average molecular weight is 258 g/mol. The van der Waals surface area contributed by atoms with E-state index in [1.54, 1.807) is 0 Å². The van der Waals surface area contributed by atoms with Crippen LogP contribution in [0.15, 0.2) is 35.2 Å². The predicted molar refractivity (Wildman–Crippen MR) is 66.9 cm³/mol. The van der Waals surface area contributed by atoms with Crippen LogP contribution >= 0.6 is 0 Å². The van der Waals surface area contributed by atoms with Crippen LogP contribution in [0.3, 0.4) is 0 Å². The van der Waals surface area contributed by atoms with Crippen molar-refractivity contribution < 1.29 is 9.32 Å². The second kappa shape index (κ2) is 5.19. The molecule has 2 aromatic rings. The fraction of sp³-hybridized carbons (Fsp3) is 0.308. The molecule has 1 amide bonds. The molecule has 0 bridgehead atoms. The first-order valence-corrected chi connectivity index (χ1v) is 6.16. The lowest BCUT2D eigenvalue weighted by atomic mass is 9.95. The van der Waals surface area contributed by atoms with E-state index in [0.717, 1.165) is 6.54 Å². The molecular weight excluding hydrogens is 244 g/mol. The van der Waals surface area contributed by atoms with Crippen LogP contribution < -0.4 is 10.6 Å². The minimum Gasteiger partial charge on any atom is -0.347 e. The van der Waals surface area contributed by atoms with E-state index in [1.165, 1.54) is 17.5 Å². The van der Waals surface area contributed by atoms with Crippen LogP contribution in [0.5, 0.6) is 0 Å². The number of benzene rings is 1. The Morgan fingerprint density at radius 2 is 2.26 bits per heavy atom. The summed E-state index contributed by atoms with van der Waals surface area (Å²) in [5, 5.41) is 9.68. The fourth-order valence-electron chi connectivity index (χ4n) is 2.20. The van der Waals surface area contributed by atoms with Gasteiger partial charge in [0.15, 0.2) is 5.82 Å². The van der Waals surface area contributed by atoms with Crippen LogP contribution in [0, 0.1) is 0 Å². The van der Waals surface area contributed by atoms with Crippen molar-refractivity contribution >= 4 is 5.91 Å². The molecule has 3 rings (SSSR count). The number of hydrogen-bond donors (Lipinski definition) is 2. The first-order chi connectivity index (χ1) is 9.33. The van der Waals surface area contributed by atoms with Gasteiger partial charge < -0.3 is 15.2 Å². The molecule has 0 spiro atoms. The maximum Gasteiger partial charge on any atom is 0.237 e. The van der Waals surface area contributed by atoms with Crippen LogP contribution in [-0.2, 0) is 24.3 Å². The molecule has 1 unspecified atom stereocenters. The summed E-state index contributed by atoms with van der Waals surface area (Å²) in [5.74, 6) is 0.434. The van der Waals surface area contributed by atoms with Crippen molar-refractivity contribution in [1.29, 1.82) is 0 Å². The normalized spacial score (nSPS) is 17.8. The third kappa shape index (κ3) is 2.63. The Balaban J connectivity index is 1.60. The van der Waals surface area contributed by atoms with Crippen molar-refractivity contribution in [1.82, 2.24) is 20.8 Å². The van der Waals surface area contributed by atoms with E-state index < -0.39 is 0 Å². The van der Waals surface area contributed by atoms with Gasteiger partial charge in [0.05, 0.1) is 12.6 Å². The zero-order chi connectivity index (χ0) is 13.1. The lowest BCUT2D eigenvalue weighted by molar-refractivity contribution is -0.123. The van der Waals surface area contributed by atoms with Crippen molar-refractivity contribution in [2.75, 3.05) is 0 Å². The molecule has 1 aliphatic heterocycles. The van der Waals surface area contributed by atoms with Crippen molar-refractivity contribution in [2.24, 2.45) is 0 Å². The van der Waals surface area contributed by atoms with Crippen molar-refractivity contribution in [2.45, 2.75) is 25.6 Å². The number of nitrogens with one attached hydrogen (secondary N) is 2. The van der Waals surface area contributed by atoms with Crippen molar-refractivity contribution in [3.05, 3.63) is 47.6 Å². The van der Waals surface area contributed by atoms with Crippen LogP contribution in [-0.4, -0.2) is 22.1 Å². The van der Waals surface area contributed by atoms with Gasteiger partial charge in [0.25, 0.3) is 0 Å². The number of carbonyl (C=O) groups is 1. The van der Waals surface area contributed by atoms with Gasteiger partial charge in [-0.2, -0.15) is 4.98 Å². The molecule has 1 aromatic carbocycles. The molecule has 98 valence electrons. The van der Waals surface area contributed by atoms with Gasteiger partial charge in [0, 0.05) is 6.54 Å². The Bertz CT molecular complexity index is 568. The van der Waals surface area contributed by atoms with Gasteiger partial charge in [-0.25, -0.2) is 0 Å². The maximum absolute atomic E-state index is 12.0. The van der Waals surface area contributed by atoms with E-state index in [-0.39, 0.29) is 18.5 Å². The molecule has 1 aromatic heterocycles. The third-order valence-corrected chi connectivity index (χ3v) is 3.23. The molecule has 6 heteroatoms. The number of carbonyl (C=O) groups excluding carboxylic acids is 1. The summed E-state index contributed by atoms with van der Waals surface area (Å²) < 4.78 is 4.61. The summed E-state index contributed by atoms with van der Waals surface area (Å²) in [6.07, 6.45) is 1.95. The van der Waals surface area contributed by atoms with E-state index >= 15 is 0 Å². The number of aromatic nitrogens is 2. The fourth-order valence-corrected chi connectivity index (χ4v) is 2.20. The Morgan fingerprint density at radius 3 is 3.05 bits per heavy atom. The number of amides is 1. The molecule has 19 heavy (non-hydrogen) atoms. The molecule has 0 radical (unpaired) electrons. The van der Waals surface area contributed by atoms with E-state index in [9.17, 15) is 4.79 Å². The standard InChI is InChI=1S/C13H14N4O2/c18-13(15-7-12-16-8-19-17-12)11-5-9-3-1-2-4-10(9)6-14-11/h1-4,8,11,14H,5-7H2,(H,15,18). The van der Waals surface area contributed by atoms with E-state index in [2.05, 4.69) is 37.4 Å². The molecule has 0 fully saturated rings. The SMILES string of the molecule is O=C(NCc1ncon1)C1Cc2ccccc2CN1. The Kier molecular flexibility index (Phi) is 3.24. The van der Waals surface area contributed by atoms with Crippen LogP contribution in [0.4, 0.5) is 0 Å². The van der Waals surface area contributed by atoms with E-state index in [4.69, 9.17) is 0 Å². The Morgan fingerprint density at radius 1 is 1.42 bits per heavy atom. The molecule has 0 saturated heterocycles. The highest BCUT2D eigenvalue weighted by Crippen LogP contribution is 2.16. The average Bonchev–Trinajstić information content (AvgIpc) is 2.97. The topological polar surface area (TPSA) is 80.1 Å². The highest BCUT2D eigenvalue weighted by atomic mass is 16.5. The molecule has 2 N–H and O–H groups in total. The molecule has 6 nitrogen and oxygen atoms in total. The van der Waals surface area contributed by atoms with Crippen LogP contribution in [0.2, 0.25) is 0 Å².